The molecule has 0 radical (unpaired) electrons. The first-order valence-corrected chi connectivity index (χ1v) is 8.88. The van der Waals surface area contributed by atoms with E-state index in [0.29, 0.717) is 0 Å². The van der Waals surface area contributed by atoms with Crippen molar-refractivity contribution < 1.29 is 35.9 Å². The third-order valence-corrected chi connectivity index (χ3v) is 4.66. The predicted octanol–water partition coefficient (Wildman–Crippen LogP) is 4.74. The summed E-state index contributed by atoms with van der Waals surface area (Å²) in [4.78, 5) is 24.0. The van der Waals surface area contributed by atoms with Crippen molar-refractivity contribution in [3.05, 3.63) is 65.2 Å². The summed E-state index contributed by atoms with van der Waals surface area (Å²) in [6.07, 6.45) is -8.77. The first-order valence-electron chi connectivity index (χ1n) is 8.88. The van der Waals surface area contributed by atoms with Gasteiger partial charge in [0.2, 0.25) is 5.91 Å². The molecule has 3 rings (SSSR count). The zero-order valence-corrected chi connectivity index (χ0v) is 15.3. The SMILES string of the molecule is O=C(NCC(F)(F)F)c1ccc(NC(=O)C2CC2c2ccccc2C(F)(F)F)cc1. The summed E-state index contributed by atoms with van der Waals surface area (Å²) in [7, 11) is 0. The molecule has 2 N–H and O–H groups in total. The lowest BCUT2D eigenvalue weighted by molar-refractivity contribution is -0.138. The smallest absolute Gasteiger partial charge is 0.343 e. The summed E-state index contributed by atoms with van der Waals surface area (Å²) < 4.78 is 75.8. The minimum Gasteiger partial charge on any atom is -0.343 e. The quantitative estimate of drug-likeness (QED) is 0.674. The molecule has 30 heavy (non-hydrogen) atoms. The molecule has 0 saturated heterocycles. The van der Waals surface area contributed by atoms with Gasteiger partial charge in [0.15, 0.2) is 0 Å². The number of carbonyl (C=O) groups excluding carboxylic acids is 2. The van der Waals surface area contributed by atoms with E-state index in [1.807, 2.05) is 0 Å². The lowest BCUT2D eigenvalue weighted by atomic mass is 10.0. The van der Waals surface area contributed by atoms with Crippen molar-refractivity contribution in [1.82, 2.24) is 5.32 Å². The minimum absolute atomic E-state index is 0.0272. The normalized spacial score (nSPS) is 18.6. The average Bonchev–Trinajstić information content (AvgIpc) is 3.46. The Balaban J connectivity index is 1.60. The summed E-state index contributed by atoms with van der Waals surface area (Å²) in [5.41, 5.74) is -0.441. The van der Waals surface area contributed by atoms with Crippen molar-refractivity contribution in [1.29, 1.82) is 0 Å². The van der Waals surface area contributed by atoms with Gasteiger partial charge in [-0.2, -0.15) is 26.3 Å². The van der Waals surface area contributed by atoms with E-state index < -0.39 is 48.1 Å². The Bertz CT molecular complexity index is 938. The molecule has 0 bridgehead atoms. The second kappa shape index (κ2) is 8.00. The van der Waals surface area contributed by atoms with Gasteiger partial charge in [-0.3, -0.25) is 9.59 Å². The van der Waals surface area contributed by atoms with E-state index in [9.17, 15) is 35.9 Å². The number of rotatable bonds is 5. The molecular formula is C20H16F6N2O2. The fourth-order valence-electron chi connectivity index (χ4n) is 3.13. The number of amides is 2. The van der Waals surface area contributed by atoms with Crippen LogP contribution < -0.4 is 10.6 Å². The number of carbonyl (C=O) groups is 2. The Morgan fingerprint density at radius 1 is 0.933 bits per heavy atom. The lowest BCUT2D eigenvalue weighted by Gasteiger charge is -2.12. The van der Waals surface area contributed by atoms with Crippen LogP contribution in [0.4, 0.5) is 32.0 Å². The second-order valence-corrected chi connectivity index (χ2v) is 6.90. The van der Waals surface area contributed by atoms with Crippen molar-refractivity contribution in [2.45, 2.75) is 24.7 Å². The molecule has 2 unspecified atom stereocenters. The molecule has 1 saturated carbocycles. The first kappa shape index (κ1) is 21.7. The van der Waals surface area contributed by atoms with Crippen molar-refractivity contribution in [3.63, 3.8) is 0 Å². The number of anilines is 1. The fraction of sp³-hybridized carbons (Fsp3) is 0.300. The number of nitrogens with one attached hydrogen (secondary N) is 2. The van der Waals surface area contributed by atoms with Crippen LogP contribution in [0, 0.1) is 5.92 Å². The van der Waals surface area contributed by atoms with Gasteiger partial charge in [0.25, 0.3) is 5.91 Å². The molecule has 1 aliphatic carbocycles. The van der Waals surface area contributed by atoms with Gasteiger partial charge in [-0.25, -0.2) is 0 Å². The molecule has 10 heteroatoms. The molecule has 0 heterocycles. The molecule has 2 amide bonds. The maximum atomic E-state index is 13.1. The van der Waals surface area contributed by atoms with Crippen LogP contribution in [0.15, 0.2) is 48.5 Å². The summed E-state index contributed by atoms with van der Waals surface area (Å²) in [6, 6.07) is 10.3. The lowest BCUT2D eigenvalue weighted by Crippen LogP contribution is -2.33. The van der Waals surface area contributed by atoms with Crippen molar-refractivity contribution >= 4 is 17.5 Å². The van der Waals surface area contributed by atoms with E-state index in [0.717, 1.165) is 6.07 Å². The van der Waals surface area contributed by atoms with Gasteiger partial charge >= 0.3 is 12.4 Å². The van der Waals surface area contributed by atoms with Crippen LogP contribution in [-0.4, -0.2) is 24.5 Å². The summed E-state index contributed by atoms with van der Waals surface area (Å²) in [5.74, 6) is -2.55. The van der Waals surface area contributed by atoms with Crippen molar-refractivity contribution in [3.8, 4) is 0 Å². The average molecular weight is 430 g/mol. The number of benzene rings is 2. The maximum Gasteiger partial charge on any atom is 0.416 e. The predicted molar refractivity (Wildman–Crippen MR) is 95.8 cm³/mol. The third-order valence-electron chi connectivity index (χ3n) is 4.66. The summed E-state index contributed by atoms with van der Waals surface area (Å²) >= 11 is 0. The van der Waals surface area contributed by atoms with E-state index in [-0.39, 0.29) is 23.2 Å². The molecule has 160 valence electrons. The van der Waals surface area contributed by atoms with Crippen LogP contribution in [-0.2, 0) is 11.0 Å². The highest BCUT2D eigenvalue weighted by atomic mass is 19.4. The van der Waals surface area contributed by atoms with Crippen LogP contribution >= 0.6 is 0 Å². The van der Waals surface area contributed by atoms with Gasteiger partial charge in [0, 0.05) is 17.2 Å². The molecule has 0 aromatic heterocycles. The van der Waals surface area contributed by atoms with Crippen molar-refractivity contribution in [2.24, 2.45) is 5.92 Å². The van der Waals surface area contributed by atoms with Gasteiger partial charge in [-0.05, 0) is 48.2 Å². The zero-order valence-electron chi connectivity index (χ0n) is 15.3. The Labute approximate surface area is 167 Å². The topological polar surface area (TPSA) is 58.2 Å². The second-order valence-electron chi connectivity index (χ2n) is 6.90. The molecule has 1 fully saturated rings. The Morgan fingerprint density at radius 3 is 2.17 bits per heavy atom. The molecule has 0 aliphatic heterocycles. The first-order chi connectivity index (χ1) is 14.0. The highest BCUT2D eigenvalue weighted by Crippen LogP contribution is 2.51. The number of hydrogen-bond acceptors (Lipinski definition) is 2. The number of hydrogen-bond donors (Lipinski definition) is 2. The Kier molecular flexibility index (Phi) is 5.78. The Hall–Kier alpha value is -3.04. The van der Waals surface area contributed by atoms with Crippen molar-refractivity contribution in [2.75, 3.05) is 11.9 Å². The molecular weight excluding hydrogens is 414 g/mol. The van der Waals surface area contributed by atoms with E-state index in [1.165, 1.54) is 42.5 Å². The van der Waals surface area contributed by atoms with Gasteiger partial charge in [-0.15, -0.1) is 0 Å². The van der Waals surface area contributed by atoms with Crippen LogP contribution in [0.1, 0.15) is 33.8 Å². The van der Waals surface area contributed by atoms with E-state index in [1.54, 1.807) is 5.32 Å². The van der Waals surface area contributed by atoms with Gasteiger partial charge in [-0.1, -0.05) is 18.2 Å². The number of halogens is 6. The van der Waals surface area contributed by atoms with E-state index in [2.05, 4.69) is 5.32 Å². The summed E-state index contributed by atoms with van der Waals surface area (Å²) in [5, 5.41) is 4.28. The van der Waals surface area contributed by atoms with E-state index in [4.69, 9.17) is 0 Å². The largest absolute Gasteiger partial charge is 0.416 e. The van der Waals surface area contributed by atoms with Crippen LogP contribution in [0.25, 0.3) is 0 Å². The highest BCUT2D eigenvalue weighted by Gasteiger charge is 2.47. The van der Waals surface area contributed by atoms with E-state index >= 15 is 0 Å². The molecule has 4 nitrogen and oxygen atoms in total. The Morgan fingerprint density at radius 2 is 1.57 bits per heavy atom. The number of alkyl halides is 6. The van der Waals surface area contributed by atoms with Gasteiger partial charge in [0.05, 0.1) is 5.56 Å². The van der Waals surface area contributed by atoms with Crippen LogP contribution in [0.3, 0.4) is 0 Å². The highest BCUT2D eigenvalue weighted by molar-refractivity contribution is 5.97. The minimum atomic E-state index is -4.53. The molecule has 2 atom stereocenters. The zero-order chi connectivity index (χ0) is 22.1. The maximum absolute atomic E-state index is 13.1. The molecule has 2 aromatic carbocycles. The molecule has 0 spiro atoms. The fourth-order valence-corrected chi connectivity index (χ4v) is 3.13. The molecule has 1 aliphatic rings. The van der Waals surface area contributed by atoms with Gasteiger partial charge in [0.1, 0.15) is 6.54 Å². The standard InChI is InChI=1S/C20H16F6N2O2/c21-19(22,23)10-27-17(29)11-5-7-12(8-6-11)28-18(30)15-9-14(15)13-3-1-2-4-16(13)20(24,25)26/h1-8,14-15H,9-10H2,(H,27,29)(H,28,30). The van der Waals surface area contributed by atoms with Crippen LogP contribution in [0.2, 0.25) is 0 Å². The third kappa shape index (κ3) is 5.31. The van der Waals surface area contributed by atoms with Crippen LogP contribution in [0.5, 0.6) is 0 Å². The van der Waals surface area contributed by atoms with Gasteiger partial charge < -0.3 is 10.6 Å². The summed E-state index contributed by atoms with van der Waals surface area (Å²) in [6.45, 7) is -1.47. The monoisotopic (exact) mass is 430 g/mol. The molecule has 2 aromatic rings.